The summed E-state index contributed by atoms with van der Waals surface area (Å²) >= 11 is 0. The first-order valence-electron chi connectivity index (χ1n) is 11.8. The first kappa shape index (κ1) is 22.4. The number of carbonyl (C=O) groups is 1. The van der Waals surface area contributed by atoms with Crippen molar-refractivity contribution in [2.75, 3.05) is 39.3 Å². The molecule has 1 aliphatic heterocycles. The third-order valence-corrected chi connectivity index (χ3v) is 6.62. The molecule has 1 aliphatic rings. The second-order valence-electron chi connectivity index (χ2n) is 8.89. The van der Waals surface area contributed by atoms with Gasteiger partial charge in [-0.25, -0.2) is 0 Å². The number of furan rings is 1. The van der Waals surface area contributed by atoms with Crippen molar-refractivity contribution < 1.29 is 14.3 Å². The van der Waals surface area contributed by atoms with Crippen LogP contribution in [-0.2, 0) is 7.05 Å². The molecule has 0 spiro atoms. The number of amides is 1. The van der Waals surface area contributed by atoms with Gasteiger partial charge in [0.25, 0.3) is 5.91 Å². The van der Waals surface area contributed by atoms with Crippen LogP contribution in [0, 0.1) is 6.92 Å². The fourth-order valence-electron chi connectivity index (χ4n) is 4.80. The largest absolute Gasteiger partial charge is 0.456 e. The van der Waals surface area contributed by atoms with Crippen LogP contribution < -0.4 is 0 Å². The van der Waals surface area contributed by atoms with Crippen LogP contribution in [-0.4, -0.2) is 69.9 Å². The van der Waals surface area contributed by atoms with Crippen LogP contribution in [0.3, 0.4) is 0 Å². The van der Waals surface area contributed by atoms with Gasteiger partial charge in [0.2, 0.25) is 0 Å². The highest BCUT2D eigenvalue weighted by molar-refractivity contribution is 5.95. The first-order chi connectivity index (χ1) is 16.5. The number of benzene rings is 2. The summed E-state index contributed by atoms with van der Waals surface area (Å²) in [6.45, 7) is 6.04. The van der Waals surface area contributed by atoms with Gasteiger partial charge in [-0.2, -0.15) is 5.10 Å². The Morgan fingerprint density at radius 2 is 1.79 bits per heavy atom. The van der Waals surface area contributed by atoms with E-state index in [0.29, 0.717) is 18.8 Å². The van der Waals surface area contributed by atoms with E-state index >= 15 is 0 Å². The second kappa shape index (κ2) is 9.44. The zero-order valence-electron chi connectivity index (χ0n) is 19.7. The number of piperazine rings is 1. The number of carbonyl (C=O) groups excluding carboxylic acids is 1. The fourth-order valence-corrected chi connectivity index (χ4v) is 4.80. The SMILES string of the molecule is Cc1c(C(=O)N2CCN(CCCO)CC2)nn(C)c1-c1cccc(-c2cc3ccccc3o2)c1. The number of aliphatic hydroxyl groups is 1. The molecule has 2 aromatic heterocycles. The molecule has 0 saturated carbocycles. The van der Waals surface area contributed by atoms with E-state index in [1.165, 1.54) is 0 Å². The predicted molar refractivity (Wildman–Crippen MR) is 133 cm³/mol. The van der Waals surface area contributed by atoms with Gasteiger partial charge < -0.3 is 14.4 Å². The highest BCUT2D eigenvalue weighted by atomic mass is 16.3. The molecule has 1 fully saturated rings. The average molecular weight is 459 g/mol. The quantitative estimate of drug-likeness (QED) is 0.474. The van der Waals surface area contributed by atoms with E-state index in [1.54, 1.807) is 4.68 Å². The molecule has 7 heteroatoms. The van der Waals surface area contributed by atoms with Gasteiger partial charge in [-0.15, -0.1) is 0 Å². The van der Waals surface area contributed by atoms with Crippen LogP contribution in [0.1, 0.15) is 22.5 Å². The predicted octanol–water partition coefficient (Wildman–Crippen LogP) is 3.95. The highest BCUT2D eigenvalue weighted by Crippen LogP contribution is 2.32. The van der Waals surface area contributed by atoms with Crippen LogP contribution in [0.15, 0.2) is 59.0 Å². The fraction of sp³-hybridized carbons (Fsp3) is 0.333. The number of hydrogen-bond acceptors (Lipinski definition) is 5. The number of fused-ring (bicyclic) bond motifs is 1. The number of para-hydroxylation sites is 1. The van der Waals surface area contributed by atoms with Gasteiger partial charge in [-0.1, -0.05) is 36.4 Å². The van der Waals surface area contributed by atoms with Gasteiger partial charge in [0.05, 0.1) is 5.69 Å². The molecule has 1 saturated heterocycles. The number of rotatable bonds is 6. The summed E-state index contributed by atoms with van der Waals surface area (Å²) in [4.78, 5) is 17.5. The van der Waals surface area contributed by atoms with Crippen molar-refractivity contribution in [1.29, 1.82) is 0 Å². The number of aliphatic hydroxyl groups excluding tert-OH is 1. The van der Waals surface area contributed by atoms with Crippen molar-refractivity contribution in [1.82, 2.24) is 19.6 Å². The molecule has 4 aromatic rings. The minimum atomic E-state index is -0.0189. The molecule has 0 radical (unpaired) electrons. The Labute approximate surface area is 199 Å². The van der Waals surface area contributed by atoms with E-state index in [1.807, 2.05) is 61.3 Å². The number of nitrogens with zero attached hydrogens (tertiary/aromatic N) is 4. The van der Waals surface area contributed by atoms with Crippen molar-refractivity contribution in [2.24, 2.45) is 7.05 Å². The lowest BCUT2D eigenvalue weighted by atomic mass is 10.0. The van der Waals surface area contributed by atoms with E-state index in [9.17, 15) is 4.79 Å². The zero-order valence-corrected chi connectivity index (χ0v) is 19.7. The topological polar surface area (TPSA) is 74.7 Å². The maximum atomic E-state index is 13.3. The van der Waals surface area contributed by atoms with Gasteiger partial charge in [-0.3, -0.25) is 14.4 Å². The molecule has 176 valence electrons. The number of hydrogen-bond donors (Lipinski definition) is 1. The minimum Gasteiger partial charge on any atom is -0.456 e. The Bertz CT molecular complexity index is 1280. The molecule has 34 heavy (non-hydrogen) atoms. The van der Waals surface area contributed by atoms with E-state index in [4.69, 9.17) is 9.52 Å². The van der Waals surface area contributed by atoms with Crippen molar-refractivity contribution >= 4 is 16.9 Å². The van der Waals surface area contributed by atoms with Crippen LogP contribution in [0.2, 0.25) is 0 Å². The normalized spacial score (nSPS) is 14.7. The summed E-state index contributed by atoms with van der Waals surface area (Å²) in [6, 6.07) is 18.2. The van der Waals surface area contributed by atoms with Gasteiger partial charge in [0, 0.05) is 68.5 Å². The van der Waals surface area contributed by atoms with Gasteiger partial charge in [0.1, 0.15) is 11.3 Å². The molecule has 5 rings (SSSR count). The monoisotopic (exact) mass is 458 g/mol. The molecule has 0 atom stereocenters. The Morgan fingerprint density at radius 1 is 1.03 bits per heavy atom. The van der Waals surface area contributed by atoms with Crippen molar-refractivity contribution in [2.45, 2.75) is 13.3 Å². The third-order valence-electron chi connectivity index (χ3n) is 6.62. The van der Waals surface area contributed by atoms with E-state index < -0.39 is 0 Å². The standard InChI is InChI=1S/C27H30N4O3/c1-19-25(27(33)31-14-12-30(13-15-31)11-6-16-32)28-29(2)26(19)22-9-5-8-20(17-22)24-18-21-7-3-4-10-23(21)34-24/h3-5,7-10,17-18,32H,6,11-16H2,1-2H3. The van der Waals surface area contributed by atoms with Crippen LogP contribution in [0.25, 0.3) is 33.6 Å². The summed E-state index contributed by atoms with van der Waals surface area (Å²) in [6.07, 6.45) is 0.768. The lowest BCUT2D eigenvalue weighted by molar-refractivity contribution is 0.0622. The van der Waals surface area contributed by atoms with E-state index in [0.717, 1.165) is 65.2 Å². The lowest BCUT2D eigenvalue weighted by Gasteiger charge is -2.34. The maximum absolute atomic E-state index is 13.3. The summed E-state index contributed by atoms with van der Waals surface area (Å²) in [7, 11) is 1.89. The lowest BCUT2D eigenvalue weighted by Crippen LogP contribution is -2.49. The molecular formula is C27H30N4O3. The Balaban J connectivity index is 1.39. The van der Waals surface area contributed by atoms with Crippen molar-refractivity contribution in [3.8, 4) is 22.6 Å². The molecular weight excluding hydrogens is 428 g/mol. The smallest absolute Gasteiger partial charge is 0.274 e. The molecule has 3 heterocycles. The summed E-state index contributed by atoms with van der Waals surface area (Å²) in [5.74, 6) is 0.799. The number of aromatic nitrogens is 2. The van der Waals surface area contributed by atoms with E-state index in [2.05, 4.69) is 22.1 Å². The Hall–Kier alpha value is -3.42. The summed E-state index contributed by atoms with van der Waals surface area (Å²) < 4.78 is 7.86. The van der Waals surface area contributed by atoms with Crippen LogP contribution >= 0.6 is 0 Å². The number of aryl methyl sites for hydroxylation is 1. The molecule has 7 nitrogen and oxygen atoms in total. The van der Waals surface area contributed by atoms with Crippen LogP contribution in [0.4, 0.5) is 0 Å². The van der Waals surface area contributed by atoms with Crippen molar-refractivity contribution in [3.63, 3.8) is 0 Å². The summed E-state index contributed by atoms with van der Waals surface area (Å²) in [5, 5.41) is 14.7. The molecule has 1 amide bonds. The maximum Gasteiger partial charge on any atom is 0.274 e. The molecule has 2 aromatic carbocycles. The minimum absolute atomic E-state index is 0.0189. The second-order valence-corrected chi connectivity index (χ2v) is 8.89. The Kier molecular flexibility index (Phi) is 6.22. The van der Waals surface area contributed by atoms with E-state index in [-0.39, 0.29) is 12.5 Å². The van der Waals surface area contributed by atoms with Crippen molar-refractivity contribution in [3.05, 3.63) is 65.9 Å². The first-order valence-corrected chi connectivity index (χ1v) is 11.8. The molecule has 0 aliphatic carbocycles. The highest BCUT2D eigenvalue weighted by Gasteiger charge is 2.27. The molecule has 0 bridgehead atoms. The average Bonchev–Trinajstić information content (AvgIpc) is 3.43. The summed E-state index contributed by atoms with van der Waals surface area (Å²) in [5.41, 5.74) is 5.18. The Morgan fingerprint density at radius 3 is 2.56 bits per heavy atom. The zero-order chi connectivity index (χ0) is 23.7. The molecule has 1 N–H and O–H groups in total. The molecule has 0 unspecified atom stereocenters. The van der Waals surface area contributed by atoms with Gasteiger partial charge in [0.15, 0.2) is 5.69 Å². The van der Waals surface area contributed by atoms with Gasteiger partial charge >= 0.3 is 0 Å². The third kappa shape index (κ3) is 4.24. The van der Waals surface area contributed by atoms with Crippen LogP contribution in [0.5, 0.6) is 0 Å². The van der Waals surface area contributed by atoms with Gasteiger partial charge in [-0.05, 0) is 31.5 Å².